The summed E-state index contributed by atoms with van der Waals surface area (Å²) in [6.07, 6.45) is 0. The van der Waals surface area contributed by atoms with Crippen molar-refractivity contribution in [1.29, 1.82) is 0 Å². The molecule has 19 heavy (non-hydrogen) atoms. The lowest BCUT2D eigenvalue weighted by molar-refractivity contribution is -0.0512. The van der Waals surface area contributed by atoms with Crippen LogP contribution in [0.25, 0.3) is 0 Å². The Balaban J connectivity index is 2.96. The number of hydrogen-bond acceptors (Lipinski definition) is 3. The summed E-state index contributed by atoms with van der Waals surface area (Å²) in [6, 6.07) is 4.04. The molecule has 0 radical (unpaired) electrons. The van der Waals surface area contributed by atoms with E-state index in [0.717, 1.165) is 0 Å². The minimum absolute atomic E-state index is 0.0851. The van der Waals surface area contributed by atoms with Gasteiger partial charge in [0.25, 0.3) is 5.91 Å². The monoisotopic (exact) mass is 273 g/mol. The number of alkyl halides is 2. The summed E-state index contributed by atoms with van der Waals surface area (Å²) in [5.41, 5.74) is -0.0731. The highest BCUT2D eigenvalue weighted by molar-refractivity contribution is 5.95. The molecule has 6 heteroatoms. The van der Waals surface area contributed by atoms with E-state index in [-0.39, 0.29) is 22.9 Å². The number of benzene rings is 1. The summed E-state index contributed by atoms with van der Waals surface area (Å²) in [6.45, 7) is 2.59. The van der Waals surface area contributed by atoms with E-state index >= 15 is 0 Å². The second-order valence-electron chi connectivity index (χ2n) is 4.95. The molecule has 0 spiro atoms. The SMILES string of the molecule is COc1cc(C(=O)NC(C)(C)C)ccc1OC(F)F. The van der Waals surface area contributed by atoms with Crippen molar-refractivity contribution in [2.24, 2.45) is 0 Å². The third kappa shape index (κ3) is 4.73. The molecule has 0 aliphatic rings. The van der Waals surface area contributed by atoms with Crippen LogP contribution in [0, 0.1) is 0 Å². The first-order chi connectivity index (χ1) is 8.73. The average molecular weight is 273 g/mol. The highest BCUT2D eigenvalue weighted by Crippen LogP contribution is 2.29. The van der Waals surface area contributed by atoms with E-state index in [2.05, 4.69) is 10.1 Å². The summed E-state index contributed by atoms with van der Waals surface area (Å²) in [7, 11) is 1.32. The number of halogens is 2. The number of hydrogen-bond donors (Lipinski definition) is 1. The molecular formula is C13H17F2NO3. The van der Waals surface area contributed by atoms with E-state index in [9.17, 15) is 13.6 Å². The molecule has 1 aromatic rings. The lowest BCUT2D eigenvalue weighted by Gasteiger charge is -2.20. The Kier molecular flexibility index (Phi) is 4.69. The van der Waals surface area contributed by atoms with Gasteiger partial charge in [0.2, 0.25) is 0 Å². The maximum absolute atomic E-state index is 12.2. The molecule has 0 bridgehead atoms. The molecule has 1 N–H and O–H groups in total. The third-order valence-electron chi connectivity index (χ3n) is 2.13. The van der Waals surface area contributed by atoms with Gasteiger partial charge in [-0.05, 0) is 39.0 Å². The second kappa shape index (κ2) is 5.86. The van der Waals surface area contributed by atoms with Crippen molar-refractivity contribution in [1.82, 2.24) is 5.32 Å². The maximum Gasteiger partial charge on any atom is 0.387 e. The minimum atomic E-state index is -2.94. The summed E-state index contributed by atoms with van der Waals surface area (Å²) in [5.74, 6) is -0.332. The highest BCUT2D eigenvalue weighted by atomic mass is 19.3. The van der Waals surface area contributed by atoms with Crippen molar-refractivity contribution in [3.63, 3.8) is 0 Å². The zero-order chi connectivity index (χ0) is 14.6. The van der Waals surface area contributed by atoms with Crippen LogP contribution in [0.15, 0.2) is 18.2 Å². The van der Waals surface area contributed by atoms with Crippen LogP contribution >= 0.6 is 0 Å². The second-order valence-corrected chi connectivity index (χ2v) is 4.95. The molecule has 1 aromatic carbocycles. The third-order valence-corrected chi connectivity index (χ3v) is 2.13. The van der Waals surface area contributed by atoms with E-state index in [4.69, 9.17) is 4.74 Å². The van der Waals surface area contributed by atoms with Crippen LogP contribution in [0.3, 0.4) is 0 Å². The van der Waals surface area contributed by atoms with Crippen molar-refractivity contribution >= 4 is 5.91 Å². The fourth-order valence-electron chi connectivity index (χ4n) is 1.41. The predicted octanol–water partition coefficient (Wildman–Crippen LogP) is 2.82. The Bertz CT molecular complexity index is 456. The Labute approximate surface area is 110 Å². The molecule has 0 aliphatic heterocycles. The normalized spacial score (nSPS) is 11.3. The fourth-order valence-corrected chi connectivity index (χ4v) is 1.41. The largest absolute Gasteiger partial charge is 0.493 e. The van der Waals surface area contributed by atoms with Crippen molar-refractivity contribution in [3.8, 4) is 11.5 Å². The fraction of sp³-hybridized carbons (Fsp3) is 0.462. The standard InChI is InChI=1S/C13H17F2NO3/c1-13(2,3)16-11(17)8-5-6-9(19-12(14)15)10(7-8)18-4/h5-7,12H,1-4H3,(H,16,17). The predicted molar refractivity (Wildman–Crippen MR) is 66.8 cm³/mol. The molecule has 4 nitrogen and oxygen atoms in total. The number of nitrogens with one attached hydrogen (secondary N) is 1. The summed E-state index contributed by atoms with van der Waals surface area (Å²) < 4.78 is 33.5. The number of ether oxygens (including phenoxy) is 2. The van der Waals surface area contributed by atoms with E-state index in [1.807, 2.05) is 20.8 Å². The van der Waals surface area contributed by atoms with Gasteiger partial charge in [-0.25, -0.2) is 0 Å². The molecule has 106 valence electrons. The quantitative estimate of drug-likeness (QED) is 0.917. The Morgan fingerprint density at radius 1 is 1.26 bits per heavy atom. The zero-order valence-corrected chi connectivity index (χ0v) is 11.3. The lowest BCUT2D eigenvalue weighted by atomic mass is 10.1. The molecule has 0 fully saturated rings. The van der Waals surface area contributed by atoms with Gasteiger partial charge in [0, 0.05) is 11.1 Å². The van der Waals surface area contributed by atoms with Crippen LogP contribution < -0.4 is 14.8 Å². The van der Waals surface area contributed by atoms with E-state index in [1.54, 1.807) is 0 Å². The molecule has 0 saturated heterocycles. The Hall–Kier alpha value is -1.85. The first-order valence-corrected chi connectivity index (χ1v) is 5.68. The van der Waals surface area contributed by atoms with Gasteiger partial charge in [0.05, 0.1) is 7.11 Å². The van der Waals surface area contributed by atoms with Crippen LogP contribution in [0.2, 0.25) is 0 Å². The van der Waals surface area contributed by atoms with Gasteiger partial charge in [-0.3, -0.25) is 4.79 Å². The number of amides is 1. The minimum Gasteiger partial charge on any atom is -0.493 e. The van der Waals surface area contributed by atoms with E-state index in [1.165, 1.54) is 25.3 Å². The summed E-state index contributed by atoms with van der Waals surface area (Å²) in [4.78, 5) is 11.9. The van der Waals surface area contributed by atoms with Crippen molar-refractivity contribution < 1.29 is 23.0 Å². The number of carbonyl (C=O) groups is 1. The van der Waals surface area contributed by atoms with Crippen LogP contribution in [0.5, 0.6) is 11.5 Å². The van der Waals surface area contributed by atoms with Gasteiger partial charge >= 0.3 is 6.61 Å². The molecule has 0 aromatic heterocycles. The maximum atomic E-state index is 12.2. The van der Waals surface area contributed by atoms with E-state index in [0.29, 0.717) is 5.56 Å². The first-order valence-electron chi connectivity index (χ1n) is 5.68. The highest BCUT2D eigenvalue weighted by Gasteiger charge is 2.18. The van der Waals surface area contributed by atoms with Gasteiger partial charge in [0.1, 0.15) is 0 Å². The molecule has 0 saturated carbocycles. The lowest BCUT2D eigenvalue weighted by Crippen LogP contribution is -2.40. The van der Waals surface area contributed by atoms with Gasteiger partial charge < -0.3 is 14.8 Å². The van der Waals surface area contributed by atoms with Crippen LogP contribution in [0.4, 0.5) is 8.78 Å². The van der Waals surface area contributed by atoms with Gasteiger partial charge in [-0.15, -0.1) is 0 Å². The topological polar surface area (TPSA) is 47.6 Å². The van der Waals surface area contributed by atoms with E-state index < -0.39 is 6.61 Å². The van der Waals surface area contributed by atoms with Crippen LogP contribution in [-0.2, 0) is 0 Å². The summed E-state index contributed by atoms with van der Waals surface area (Å²) >= 11 is 0. The summed E-state index contributed by atoms with van der Waals surface area (Å²) in [5, 5.41) is 2.76. The molecular weight excluding hydrogens is 256 g/mol. The molecule has 0 atom stereocenters. The molecule has 1 amide bonds. The number of methoxy groups -OCH3 is 1. The van der Waals surface area contributed by atoms with Gasteiger partial charge in [0.15, 0.2) is 11.5 Å². The molecule has 0 aliphatic carbocycles. The first kappa shape index (κ1) is 15.2. The smallest absolute Gasteiger partial charge is 0.387 e. The molecule has 1 rings (SSSR count). The Morgan fingerprint density at radius 2 is 1.89 bits per heavy atom. The van der Waals surface area contributed by atoms with Crippen LogP contribution in [0.1, 0.15) is 31.1 Å². The van der Waals surface area contributed by atoms with Crippen molar-refractivity contribution in [2.75, 3.05) is 7.11 Å². The average Bonchev–Trinajstić information content (AvgIpc) is 2.26. The number of rotatable bonds is 4. The Morgan fingerprint density at radius 3 is 2.37 bits per heavy atom. The van der Waals surface area contributed by atoms with Crippen molar-refractivity contribution in [2.45, 2.75) is 32.9 Å². The van der Waals surface area contributed by atoms with Crippen molar-refractivity contribution in [3.05, 3.63) is 23.8 Å². The zero-order valence-electron chi connectivity index (χ0n) is 11.3. The van der Waals surface area contributed by atoms with Gasteiger partial charge in [-0.2, -0.15) is 8.78 Å². The van der Waals surface area contributed by atoms with Gasteiger partial charge in [-0.1, -0.05) is 0 Å². The molecule has 0 heterocycles. The van der Waals surface area contributed by atoms with Crippen LogP contribution in [-0.4, -0.2) is 25.2 Å². The number of carbonyl (C=O) groups excluding carboxylic acids is 1. The molecule has 0 unspecified atom stereocenters.